The first kappa shape index (κ1) is 15.9. The molecule has 1 aliphatic rings. The molecule has 3 rings (SSSR count). The van der Waals surface area contributed by atoms with E-state index in [0.29, 0.717) is 44.2 Å². The smallest absolute Gasteiger partial charge is 0.274 e. The number of nitrogens with one attached hydrogen (secondary N) is 1. The first-order chi connectivity index (χ1) is 11.8. The van der Waals surface area contributed by atoms with Crippen molar-refractivity contribution < 1.29 is 9.59 Å². The van der Waals surface area contributed by atoms with Crippen LogP contribution in [0.5, 0.6) is 0 Å². The molecule has 0 spiro atoms. The molecule has 0 atom stereocenters. The van der Waals surface area contributed by atoms with Gasteiger partial charge in [-0.2, -0.15) is 0 Å². The molecule has 0 bridgehead atoms. The summed E-state index contributed by atoms with van der Waals surface area (Å²) in [6, 6.07) is 9.98. The second-order valence-corrected chi connectivity index (χ2v) is 5.56. The van der Waals surface area contributed by atoms with Crippen molar-refractivity contribution in [1.29, 1.82) is 0 Å². The Kier molecular flexibility index (Phi) is 5.00. The van der Waals surface area contributed by atoms with Crippen molar-refractivity contribution >= 4 is 18.1 Å². The molecule has 2 heterocycles. The van der Waals surface area contributed by atoms with Crippen LogP contribution in [0.1, 0.15) is 16.1 Å². The summed E-state index contributed by atoms with van der Waals surface area (Å²) in [6.45, 7) is 2.80. The van der Waals surface area contributed by atoms with Crippen LogP contribution in [-0.2, 0) is 11.3 Å². The Labute approximate surface area is 140 Å². The Balaban J connectivity index is 1.56. The quantitative estimate of drug-likeness (QED) is 0.830. The molecule has 0 saturated carbocycles. The van der Waals surface area contributed by atoms with Crippen LogP contribution in [0, 0.1) is 0 Å². The summed E-state index contributed by atoms with van der Waals surface area (Å²) in [5.74, 6) is 0.476. The highest BCUT2D eigenvalue weighted by Gasteiger charge is 2.22. The van der Waals surface area contributed by atoms with E-state index in [1.54, 1.807) is 16.0 Å². The van der Waals surface area contributed by atoms with Crippen molar-refractivity contribution in [3.63, 3.8) is 0 Å². The van der Waals surface area contributed by atoms with Gasteiger partial charge in [0, 0.05) is 32.7 Å². The minimum absolute atomic E-state index is 0.150. The number of amides is 2. The predicted molar refractivity (Wildman–Crippen MR) is 89.3 cm³/mol. The molecule has 1 saturated heterocycles. The molecule has 2 amide bonds. The van der Waals surface area contributed by atoms with E-state index in [9.17, 15) is 9.59 Å². The maximum Gasteiger partial charge on any atom is 0.274 e. The summed E-state index contributed by atoms with van der Waals surface area (Å²) in [7, 11) is 0. The standard InChI is InChI=1S/C17H19N5O2/c23-13-21-6-8-22(9-7-21)17(24)15-11-20-16(12-18-15)19-10-14-4-2-1-3-5-14/h1-5,11-13H,6-10H2,(H,19,20). The molecule has 0 aliphatic carbocycles. The number of anilines is 1. The molecule has 1 N–H and O–H groups in total. The number of piperazine rings is 1. The van der Waals surface area contributed by atoms with Gasteiger partial charge in [0.2, 0.25) is 6.41 Å². The summed E-state index contributed by atoms with van der Waals surface area (Å²) < 4.78 is 0. The van der Waals surface area contributed by atoms with Crippen LogP contribution in [0.2, 0.25) is 0 Å². The highest BCUT2D eigenvalue weighted by Crippen LogP contribution is 2.09. The van der Waals surface area contributed by atoms with Crippen molar-refractivity contribution in [2.75, 3.05) is 31.5 Å². The summed E-state index contributed by atoms with van der Waals surface area (Å²) in [5, 5.41) is 3.18. The fraction of sp³-hybridized carbons (Fsp3) is 0.294. The van der Waals surface area contributed by atoms with Gasteiger partial charge in [-0.3, -0.25) is 9.59 Å². The average Bonchev–Trinajstić information content (AvgIpc) is 2.67. The summed E-state index contributed by atoms with van der Waals surface area (Å²) in [4.78, 5) is 34.9. The highest BCUT2D eigenvalue weighted by molar-refractivity contribution is 5.92. The number of hydrogen-bond acceptors (Lipinski definition) is 5. The number of nitrogens with zero attached hydrogens (tertiary/aromatic N) is 4. The zero-order chi connectivity index (χ0) is 16.8. The Hall–Kier alpha value is -2.96. The molecule has 1 aromatic heterocycles. The second-order valence-electron chi connectivity index (χ2n) is 5.56. The van der Waals surface area contributed by atoms with Gasteiger partial charge in [-0.15, -0.1) is 0 Å². The van der Waals surface area contributed by atoms with Gasteiger partial charge in [-0.25, -0.2) is 9.97 Å². The van der Waals surface area contributed by atoms with Crippen LogP contribution in [0.25, 0.3) is 0 Å². The third-order valence-corrected chi connectivity index (χ3v) is 3.94. The van der Waals surface area contributed by atoms with Crippen LogP contribution in [0.3, 0.4) is 0 Å². The van der Waals surface area contributed by atoms with Gasteiger partial charge in [0.25, 0.3) is 5.91 Å². The van der Waals surface area contributed by atoms with Gasteiger partial charge in [0.05, 0.1) is 12.4 Å². The van der Waals surface area contributed by atoms with Crippen LogP contribution < -0.4 is 5.32 Å². The zero-order valence-corrected chi connectivity index (χ0v) is 13.3. The second kappa shape index (κ2) is 7.54. The summed E-state index contributed by atoms with van der Waals surface area (Å²) >= 11 is 0. The topological polar surface area (TPSA) is 78.4 Å². The van der Waals surface area contributed by atoms with Crippen molar-refractivity contribution in [3.8, 4) is 0 Å². The maximum absolute atomic E-state index is 12.4. The van der Waals surface area contributed by atoms with Gasteiger partial charge in [0.1, 0.15) is 11.5 Å². The SMILES string of the molecule is O=CN1CCN(C(=O)c2cnc(NCc3ccccc3)cn2)CC1. The first-order valence-electron chi connectivity index (χ1n) is 7.85. The number of carbonyl (C=O) groups excluding carboxylic acids is 2. The molecule has 7 nitrogen and oxygen atoms in total. The summed E-state index contributed by atoms with van der Waals surface area (Å²) in [6.07, 6.45) is 3.87. The molecular formula is C17H19N5O2. The van der Waals surface area contributed by atoms with Gasteiger partial charge in [0.15, 0.2) is 0 Å². The van der Waals surface area contributed by atoms with Crippen LogP contribution >= 0.6 is 0 Å². The maximum atomic E-state index is 12.4. The number of aromatic nitrogens is 2. The van der Waals surface area contributed by atoms with Gasteiger partial charge < -0.3 is 15.1 Å². The minimum atomic E-state index is -0.150. The third kappa shape index (κ3) is 3.87. The van der Waals surface area contributed by atoms with E-state index >= 15 is 0 Å². The van der Waals surface area contributed by atoms with E-state index in [1.807, 2.05) is 30.3 Å². The van der Waals surface area contributed by atoms with E-state index in [0.717, 1.165) is 12.0 Å². The van der Waals surface area contributed by atoms with E-state index in [2.05, 4.69) is 15.3 Å². The van der Waals surface area contributed by atoms with E-state index in [-0.39, 0.29) is 5.91 Å². The molecule has 2 aromatic rings. The lowest BCUT2D eigenvalue weighted by Crippen LogP contribution is -2.48. The molecule has 1 aliphatic heterocycles. The van der Waals surface area contributed by atoms with Gasteiger partial charge >= 0.3 is 0 Å². The van der Waals surface area contributed by atoms with Crippen molar-refractivity contribution in [1.82, 2.24) is 19.8 Å². The summed E-state index contributed by atoms with van der Waals surface area (Å²) in [5.41, 5.74) is 1.47. The van der Waals surface area contributed by atoms with E-state index in [1.165, 1.54) is 6.20 Å². The van der Waals surface area contributed by atoms with Gasteiger partial charge in [-0.05, 0) is 5.56 Å². The van der Waals surface area contributed by atoms with Gasteiger partial charge in [-0.1, -0.05) is 30.3 Å². The fourth-order valence-corrected chi connectivity index (χ4v) is 2.51. The zero-order valence-electron chi connectivity index (χ0n) is 13.3. The van der Waals surface area contributed by atoms with Crippen LogP contribution in [-0.4, -0.2) is 58.3 Å². The Bertz CT molecular complexity index is 682. The minimum Gasteiger partial charge on any atom is -0.365 e. The number of carbonyl (C=O) groups is 2. The van der Waals surface area contributed by atoms with Crippen LogP contribution in [0.4, 0.5) is 5.82 Å². The third-order valence-electron chi connectivity index (χ3n) is 3.94. The highest BCUT2D eigenvalue weighted by atomic mass is 16.2. The lowest BCUT2D eigenvalue weighted by atomic mass is 10.2. The number of rotatable bonds is 5. The fourth-order valence-electron chi connectivity index (χ4n) is 2.51. The molecule has 0 unspecified atom stereocenters. The predicted octanol–water partition coefficient (Wildman–Crippen LogP) is 1.00. The molecule has 1 aromatic carbocycles. The largest absolute Gasteiger partial charge is 0.365 e. The van der Waals surface area contributed by atoms with Crippen LogP contribution in [0.15, 0.2) is 42.7 Å². The Morgan fingerprint density at radius 1 is 1.08 bits per heavy atom. The molecule has 7 heteroatoms. The van der Waals surface area contributed by atoms with Crippen molar-refractivity contribution in [2.24, 2.45) is 0 Å². The molecule has 24 heavy (non-hydrogen) atoms. The lowest BCUT2D eigenvalue weighted by molar-refractivity contribution is -0.119. The van der Waals surface area contributed by atoms with Crippen molar-refractivity contribution in [2.45, 2.75) is 6.54 Å². The first-order valence-corrected chi connectivity index (χ1v) is 7.85. The molecule has 124 valence electrons. The molecule has 1 fully saturated rings. The normalized spacial score (nSPS) is 14.3. The number of hydrogen-bond donors (Lipinski definition) is 1. The molecular weight excluding hydrogens is 306 g/mol. The number of benzene rings is 1. The van der Waals surface area contributed by atoms with E-state index < -0.39 is 0 Å². The molecule has 0 radical (unpaired) electrons. The lowest BCUT2D eigenvalue weighted by Gasteiger charge is -2.32. The Morgan fingerprint density at radius 2 is 1.83 bits per heavy atom. The monoisotopic (exact) mass is 325 g/mol. The Morgan fingerprint density at radius 3 is 2.46 bits per heavy atom. The van der Waals surface area contributed by atoms with E-state index in [4.69, 9.17) is 0 Å². The average molecular weight is 325 g/mol. The van der Waals surface area contributed by atoms with Crippen molar-refractivity contribution in [3.05, 3.63) is 54.0 Å².